The largest absolute Gasteiger partial charge is 0.462 e. The third-order valence-electron chi connectivity index (χ3n) is 14.7. The molecule has 1 unspecified atom stereocenters. The fourth-order valence-corrected chi connectivity index (χ4v) is 9.71. The SMILES string of the molecule is CC/C=C\C/C=C\C/C=C\C/C=C\C/C=C\CCCC(=O)OCC(COC(=O)CCCCCCCCCCCCC/C=C\CCCCCCCCCC)OC(=O)CCCCCCCCCCCCCCCCCCCCC. The average Bonchev–Trinajstić information content (AvgIpc) is 3.43. The molecule has 0 heterocycles. The van der Waals surface area contributed by atoms with Crippen LogP contribution in [0.5, 0.6) is 0 Å². The Morgan fingerprint density at radius 2 is 0.519 bits per heavy atom. The van der Waals surface area contributed by atoms with Crippen molar-refractivity contribution in [2.75, 3.05) is 13.2 Å². The van der Waals surface area contributed by atoms with Crippen LogP contribution in [0.15, 0.2) is 72.9 Å². The Morgan fingerprint density at radius 3 is 0.857 bits per heavy atom. The molecule has 0 aliphatic heterocycles. The minimum Gasteiger partial charge on any atom is -0.462 e. The molecule has 0 amide bonds. The Kier molecular flexibility index (Phi) is 62.7. The van der Waals surface area contributed by atoms with Crippen molar-refractivity contribution in [3.8, 4) is 0 Å². The van der Waals surface area contributed by atoms with Gasteiger partial charge in [-0.15, -0.1) is 0 Å². The molecule has 77 heavy (non-hydrogen) atoms. The van der Waals surface area contributed by atoms with Crippen molar-refractivity contribution in [1.82, 2.24) is 0 Å². The monoisotopic (exact) mass is 1070 g/mol. The van der Waals surface area contributed by atoms with E-state index in [2.05, 4.69) is 93.7 Å². The first-order chi connectivity index (χ1) is 38.0. The molecule has 0 aromatic heterocycles. The van der Waals surface area contributed by atoms with E-state index in [4.69, 9.17) is 14.2 Å². The van der Waals surface area contributed by atoms with Crippen LogP contribution in [0.25, 0.3) is 0 Å². The van der Waals surface area contributed by atoms with Crippen LogP contribution >= 0.6 is 0 Å². The van der Waals surface area contributed by atoms with Crippen molar-refractivity contribution in [3.05, 3.63) is 72.9 Å². The lowest BCUT2D eigenvalue weighted by atomic mass is 10.0. The fraction of sp³-hybridized carbons (Fsp3) is 0.789. The number of unbranched alkanes of at least 4 members (excludes halogenated alkanes) is 38. The van der Waals surface area contributed by atoms with E-state index in [0.29, 0.717) is 19.3 Å². The maximum absolute atomic E-state index is 12.9. The van der Waals surface area contributed by atoms with Gasteiger partial charge < -0.3 is 14.2 Å². The molecule has 6 nitrogen and oxygen atoms in total. The molecule has 0 saturated heterocycles. The summed E-state index contributed by atoms with van der Waals surface area (Å²) in [6.45, 7) is 6.53. The maximum atomic E-state index is 12.9. The minimum atomic E-state index is -0.798. The summed E-state index contributed by atoms with van der Waals surface area (Å²) in [7, 11) is 0. The van der Waals surface area contributed by atoms with Gasteiger partial charge in [0, 0.05) is 19.3 Å². The molecule has 0 N–H and O–H groups in total. The van der Waals surface area contributed by atoms with Gasteiger partial charge in [0.05, 0.1) is 0 Å². The molecule has 0 aliphatic carbocycles. The first-order valence-corrected chi connectivity index (χ1v) is 33.4. The molecule has 0 fully saturated rings. The normalized spacial score (nSPS) is 12.5. The van der Waals surface area contributed by atoms with Crippen LogP contribution in [0, 0.1) is 0 Å². The molecule has 0 spiro atoms. The molecular formula is C71H126O6. The predicted octanol–water partition coefficient (Wildman–Crippen LogP) is 22.9. The van der Waals surface area contributed by atoms with E-state index in [9.17, 15) is 14.4 Å². The van der Waals surface area contributed by atoms with Gasteiger partial charge in [0.15, 0.2) is 6.10 Å². The van der Waals surface area contributed by atoms with Crippen molar-refractivity contribution < 1.29 is 28.6 Å². The Morgan fingerprint density at radius 1 is 0.273 bits per heavy atom. The first-order valence-electron chi connectivity index (χ1n) is 33.4. The quantitative estimate of drug-likeness (QED) is 0.0261. The lowest BCUT2D eigenvalue weighted by Gasteiger charge is -2.18. The predicted molar refractivity (Wildman–Crippen MR) is 335 cm³/mol. The second-order valence-corrected chi connectivity index (χ2v) is 22.4. The zero-order valence-electron chi connectivity index (χ0n) is 51.2. The van der Waals surface area contributed by atoms with E-state index in [-0.39, 0.29) is 37.5 Å². The standard InChI is InChI=1S/C71H126O6/c1-4-7-10-13-16-19-22-25-28-31-33-34-35-36-38-40-43-46-49-52-55-58-61-64-70(73)76-67-68(66-75-69(72)63-60-57-54-51-48-45-42-39-30-27-24-21-18-15-12-9-6-3)77-71(74)65-62-59-56-53-50-47-44-41-37-32-29-26-23-20-17-14-11-8-5-2/h9,12,18,21,27,30-31,33,42,45,51,54,68H,4-8,10-11,13-17,19-20,22-26,28-29,32,34-41,43-44,46-50,52-53,55-67H2,1-3H3/b12-9-,21-18-,30-27-,33-31-,45-42-,54-51-. The molecule has 6 heteroatoms. The van der Waals surface area contributed by atoms with Gasteiger partial charge in [0.1, 0.15) is 13.2 Å². The number of hydrogen-bond donors (Lipinski definition) is 0. The van der Waals surface area contributed by atoms with Gasteiger partial charge in [-0.25, -0.2) is 0 Å². The van der Waals surface area contributed by atoms with E-state index >= 15 is 0 Å². The molecular weight excluding hydrogens is 949 g/mol. The highest BCUT2D eigenvalue weighted by atomic mass is 16.6. The highest BCUT2D eigenvalue weighted by Gasteiger charge is 2.19. The number of hydrogen-bond acceptors (Lipinski definition) is 6. The summed E-state index contributed by atoms with van der Waals surface area (Å²) in [6, 6.07) is 0. The third kappa shape index (κ3) is 63.6. The number of carbonyl (C=O) groups excluding carboxylic acids is 3. The Bertz CT molecular complexity index is 1420. The Labute approximate surface area is 478 Å². The van der Waals surface area contributed by atoms with Crippen molar-refractivity contribution in [3.63, 3.8) is 0 Å². The van der Waals surface area contributed by atoms with Crippen molar-refractivity contribution in [2.45, 2.75) is 348 Å². The molecule has 446 valence electrons. The molecule has 0 radical (unpaired) electrons. The van der Waals surface area contributed by atoms with Gasteiger partial charge in [-0.1, -0.05) is 312 Å². The molecule has 0 aromatic carbocycles. The molecule has 0 aromatic rings. The second kappa shape index (κ2) is 65.4. The van der Waals surface area contributed by atoms with Crippen LogP contribution in [-0.4, -0.2) is 37.2 Å². The van der Waals surface area contributed by atoms with E-state index in [0.717, 1.165) is 77.0 Å². The third-order valence-corrected chi connectivity index (χ3v) is 14.7. The van der Waals surface area contributed by atoms with Crippen molar-refractivity contribution in [2.24, 2.45) is 0 Å². The Hall–Kier alpha value is -3.15. The molecule has 1 atom stereocenters. The first kappa shape index (κ1) is 73.8. The minimum absolute atomic E-state index is 0.0901. The molecule has 0 bridgehead atoms. The summed E-state index contributed by atoms with van der Waals surface area (Å²) in [5.41, 5.74) is 0. The fourth-order valence-electron chi connectivity index (χ4n) is 9.71. The van der Waals surface area contributed by atoms with Gasteiger partial charge in [-0.05, 0) is 83.5 Å². The number of allylic oxidation sites excluding steroid dienone is 12. The van der Waals surface area contributed by atoms with Gasteiger partial charge in [-0.3, -0.25) is 14.4 Å². The molecule has 0 rings (SSSR count). The average molecular weight is 1080 g/mol. The highest BCUT2D eigenvalue weighted by Crippen LogP contribution is 2.17. The van der Waals surface area contributed by atoms with Crippen LogP contribution in [0.4, 0.5) is 0 Å². The summed E-state index contributed by atoms with van der Waals surface area (Å²) in [5.74, 6) is -0.932. The van der Waals surface area contributed by atoms with Gasteiger partial charge in [0.2, 0.25) is 0 Å². The summed E-state index contributed by atoms with van der Waals surface area (Å²) >= 11 is 0. The second-order valence-electron chi connectivity index (χ2n) is 22.4. The maximum Gasteiger partial charge on any atom is 0.306 e. The summed E-state index contributed by atoms with van der Waals surface area (Å²) in [6.07, 6.45) is 85.0. The zero-order valence-corrected chi connectivity index (χ0v) is 51.2. The van der Waals surface area contributed by atoms with E-state index in [1.54, 1.807) is 0 Å². The van der Waals surface area contributed by atoms with E-state index < -0.39 is 6.10 Å². The lowest BCUT2D eigenvalue weighted by molar-refractivity contribution is -0.167. The molecule has 0 aliphatic rings. The topological polar surface area (TPSA) is 78.9 Å². The van der Waals surface area contributed by atoms with Crippen LogP contribution in [0.2, 0.25) is 0 Å². The smallest absolute Gasteiger partial charge is 0.306 e. The van der Waals surface area contributed by atoms with Crippen molar-refractivity contribution in [1.29, 1.82) is 0 Å². The van der Waals surface area contributed by atoms with Crippen molar-refractivity contribution >= 4 is 17.9 Å². The van der Waals surface area contributed by atoms with Crippen LogP contribution < -0.4 is 0 Å². The van der Waals surface area contributed by atoms with Gasteiger partial charge in [0.25, 0.3) is 0 Å². The van der Waals surface area contributed by atoms with Gasteiger partial charge in [-0.2, -0.15) is 0 Å². The van der Waals surface area contributed by atoms with Crippen LogP contribution in [-0.2, 0) is 28.6 Å². The molecule has 0 saturated carbocycles. The van der Waals surface area contributed by atoms with Crippen LogP contribution in [0.1, 0.15) is 342 Å². The number of carbonyl (C=O) groups is 3. The highest BCUT2D eigenvalue weighted by molar-refractivity contribution is 5.71. The van der Waals surface area contributed by atoms with Crippen LogP contribution in [0.3, 0.4) is 0 Å². The number of rotatable bonds is 61. The van der Waals surface area contributed by atoms with Gasteiger partial charge >= 0.3 is 17.9 Å². The number of esters is 3. The summed E-state index contributed by atoms with van der Waals surface area (Å²) < 4.78 is 16.9. The zero-order chi connectivity index (χ0) is 55.7. The summed E-state index contributed by atoms with van der Waals surface area (Å²) in [5, 5.41) is 0. The summed E-state index contributed by atoms with van der Waals surface area (Å²) in [4.78, 5) is 38.4. The lowest BCUT2D eigenvalue weighted by Crippen LogP contribution is -2.30. The number of ether oxygens (including phenoxy) is 3. The van der Waals surface area contributed by atoms with E-state index in [1.807, 2.05) is 0 Å². The van der Waals surface area contributed by atoms with E-state index in [1.165, 1.54) is 218 Å². The Balaban J connectivity index is 4.38.